The lowest BCUT2D eigenvalue weighted by Crippen LogP contribution is -2.47. The van der Waals surface area contributed by atoms with Gasteiger partial charge in [0.05, 0.1) is 0 Å². The van der Waals surface area contributed by atoms with Gasteiger partial charge >= 0.3 is 12.1 Å². The van der Waals surface area contributed by atoms with Crippen molar-refractivity contribution in [1.29, 1.82) is 0 Å². The Bertz CT molecular complexity index is 376. The summed E-state index contributed by atoms with van der Waals surface area (Å²) in [6.07, 6.45) is 0. The molecule has 1 aliphatic heterocycles. The van der Waals surface area contributed by atoms with Crippen LogP contribution in [0.3, 0.4) is 0 Å². The Balaban J connectivity index is 2.38. The van der Waals surface area contributed by atoms with Gasteiger partial charge in [-0.15, -0.1) is 0 Å². The van der Waals surface area contributed by atoms with E-state index in [1.165, 1.54) is 18.2 Å². The van der Waals surface area contributed by atoms with E-state index in [0.717, 1.165) is 22.8 Å². The van der Waals surface area contributed by atoms with Crippen molar-refractivity contribution in [3.8, 4) is 0 Å². The molecule has 1 saturated heterocycles. The summed E-state index contributed by atoms with van der Waals surface area (Å²) < 4.78 is 64.8. The summed E-state index contributed by atoms with van der Waals surface area (Å²) in [7, 11) is 0. The molecule has 0 aliphatic carbocycles. The molecule has 0 saturated carbocycles. The minimum absolute atomic E-state index is 0.341. The molecule has 1 aliphatic rings. The lowest BCUT2D eigenvalue weighted by molar-refractivity contribution is -0.207. The molecule has 0 aromatic heterocycles. The zero-order valence-corrected chi connectivity index (χ0v) is 7.78. The van der Waals surface area contributed by atoms with Gasteiger partial charge in [-0.05, 0) is 0 Å². The van der Waals surface area contributed by atoms with Crippen molar-refractivity contribution in [3.63, 3.8) is 0 Å². The zero-order valence-electron chi connectivity index (χ0n) is 7.78. The van der Waals surface area contributed by atoms with Crippen LogP contribution in [-0.2, 0) is 5.92 Å². The Morgan fingerprint density at radius 3 is 1.62 bits per heavy atom. The van der Waals surface area contributed by atoms with Crippen molar-refractivity contribution in [2.24, 2.45) is 0 Å². The van der Waals surface area contributed by atoms with E-state index in [0.29, 0.717) is 0 Å². The van der Waals surface area contributed by atoms with E-state index in [9.17, 15) is 22.0 Å². The second-order valence-electron chi connectivity index (χ2n) is 3.42. The van der Waals surface area contributed by atoms with E-state index in [-0.39, 0.29) is 5.56 Å². The van der Waals surface area contributed by atoms with Gasteiger partial charge in [0.15, 0.2) is 0 Å². The van der Waals surface area contributed by atoms with Crippen LogP contribution in [0.15, 0.2) is 30.3 Å². The number of hydrogen-bond acceptors (Lipinski definition) is 2. The third-order valence-corrected chi connectivity index (χ3v) is 2.22. The van der Waals surface area contributed by atoms with Crippen molar-refractivity contribution >= 4 is 0 Å². The Kier molecular flexibility index (Phi) is 2.22. The SMILES string of the molecule is FC1(c2ccccc2)NC(F)(F)C(F)(F)N1. The fraction of sp³-hybridized carbons (Fsp3) is 0.333. The Morgan fingerprint density at radius 2 is 1.19 bits per heavy atom. The van der Waals surface area contributed by atoms with E-state index in [2.05, 4.69) is 0 Å². The fourth-order valence-corrected chi connectivity index (χ4v) is 1.43. The lowest BCUT2D eigenvalue weighted by Gasteiger charge is -2.19. The topological polar surface area (TPSA) is 24.1 Å². The molecule has 1 aromatic carbocycles. The number of alkyl halides is 5. The summed E-state index contributed by atoms with van der Waals surface area (Å²) in [5, 5.41) is 1.90. The highest BCUT2D eigenvalue weighted by Crippen LogP contribution is 2.42. The van der Waals surface area contributed by atoms with Crippen molar-refractivity contribution in [1.82, 2.24) is 10.6 Å². The molecule has 2 rings (SSSR count). The predicted octanol–water partition coefficient (Wildman–Crippen LogP) is 2.14. The van der Waals surface area contributed by atoms with Crippen molar-refractivity contribution in [2.75, 3.05) is 0 Å². The first-order chi connectivity index (χ1) is 7.27. The Labute approximate surface area is 87.4 Å². The van der Waals surface area contributed by atoms with Crippen LogP contribution in [0.25, 0.3) is 0 Å². The summed E-state index contributed by atoms with van der Waals surface area (Å²) in [5.41, 5.74) is -0.341. The maximum absolute atomic E-state index is 13.9. The highest BCUT2D eigenvalue weighted by Gasteiger charge is 2.69. The Hall–Kier alpha value is -1.21. The number of benzene rings is 1. The molecule has 88 valence electrons. The maximum Gasteiger partial charge on any atom is 0.383 e. The summed E-state index contributed by atoms with van der Waals surface area (Å²) >= 11 is 0. The van der Waals surface area contributed by atoms with E-state index in [4.69, 9.17) is 0 Å². The smallest absolute Gasteiger partial charge is 0.202 e. The molecule has 0 amide bonds. The van der Waals surface area contributed by atoms with Gasteiger partial charge in [0.1, 0.15) is 0 Å². The van der Waals surface area contributed by atoms with Crippen LogP contribution < -0.4 is 10.6 Å². The van der Waals surface area contributed by atoms with Crippen molar-refractivity contribution in [3.05, 3.63) is 35.9 Å². The van der Waals surface area contributed by atoms with E-state index in [1.807, 2.05) is 0 Å². The highest BCUT2D eigenvalue weighted by molar-refractivity contribution is 5.23. The van der Waals surface area contributed by atoms with Gasteiger partial charge in [-0.3, -0.25) is 0 Å². The molecule has 0 spiro atoms. The van der Waals surface area contributed by atoms with Gasteiger partial charge in [-0.25, -0.2) is 15.0 Å². The minimum Gasteiger partial charge on any atom is -0.202 e. The molecule has 1 fully saturated rings. The van der Waals surface area contributed by atoms with E-state index in [1.54, 1.807) is 0 Å². The monoisotopic (exact) mass is 238 g/mol. The van der Waals surface area contributed by atoms with Crippen LogP contribution in [0.5, 0.6) is 0 Å². The van der Waals surface area contributed by atoms with Gasteiger partial charge in [-0.2, -0.15) is 17.6 Å². The predicted molar refractivity (Wildman–Crippen MR) is 45.4 cm³/mol. The van der Waals surface area contributed by atoms with Gasteiger partial charge < -0.3 is 0 Å². The summed E-state index contributed by atoms with van der Waals surface area (Å²) in [5.74, 6) is -3.14. The van der Waals surface area contributed by atoms with Gasteiger partial charge in [0, 0.05) is 5.56 Å². The second kappa shape index (κ2) is 3.14. The normalized spacial score (nSPS) is 25.6. The van der Waals surface area contributed by atoms with Gasteiger partial charge in [-0.1, -0.05) is 30.3 Å². The van der Waals surface area contributed by atoms with Crippen LogP contribution in [0.2, 0.25) is 0 Å². The van der Waals surface area contributed by atoms with Crippen molar-refractivity contribution in [2.45, 2.75) is 18.0 Å². The summed E-state index contributed by atoms with van der Waals surface area (Å²) in [6, 6.07) is -2.81. The third kappa shape index (κ3) is 1.56. The molecule has 7 heteroatoms. The van der Waals surface area contributed by atoms with Crippen LogP contribution in [-0.4, -0.2) is 12.1 Å². The summed E-state index contributed by atoms with van der Waals surface area (Å²) in [4.78, 5) is 0. The fourth-order valence-electron chi connectivity index (χ4n) is 1.43. The molecule has 1 heterocycles. The number of halogens is 5. The summed E-state index contributed by atoms with van der Waals surface area (Å²) in [6.45, 7) is 0. The lowest BCUT2D eigenvalue weighted by atomic mass is 10.1. The van der Waals surface area contributed by atoms with Gasteiger partial charge in [0.25, 0.3) is 5.92 Å². The molecule has 2 nitrogen and oxygen atoms in total. The molecule has 16 heavy (non-hydrogen) atoms. The quantitative estimate of drug-likeness (QED) is 0.578. The molecule has 2 N–H and O–H groups in total. The van der Waals surface area contributed by atoms with Crippen LogP contribution in [0, 0.1) is 0 Å². The second-order valence-corrected chi connectivity index (χ2v) is 3.42. The third-order valence-electron chi connectivity index (χ3n) is 2.22. The zero-order chi connectivity index (χ0) is 12.0. The van der Waals surface area contributed by atoms with Crippen LogP contribution >= 0.6 is 0 Å². The molecule has 0 unspecified atom stereocenters. The largest absolute Gasteiger partial charge is 0.383 e. The highest BCUT2D eigenvalue weighted by atomic mass is 19.3. The average Bonchev–Trinajstić information content (AvgIpc) is 2.33. The van der Waals surface area contributed by atoms with E-state index >= 15 is 0 Å². The van der Waals surface area contributed by atoms with Crippen LogP contribution in [0.1, 0.15) is 5.56 Å². The Morgan fingerprint density at radius 1 is 0.750 bits per heavy atom. The first-order valence-electron chi connectivity index (χ1n) is 4.36. The number of hydrogen-bond donors (Lipinski definition) is 2. The standard InChI is InChI=1S/C9H7F5N2/c10-7(6-4-2-1-3-5-6)15-8(11,12)9(13,14)16-7/h1-5,15-16H. The minimum atomic E-state index is -4.64. The first-order valence-corrected chi connectivity index (χ1v) is 4.36. The molecule has 0 radical (unpaired) electrons. The molecule has 0 bridgehead atoms. The van der Waals surface area contributed by atoms with Crippen molar-refractivity contribution < 1.29 is 22.0 Å². The molecular formula is C9H7F5N2. The maximum atomic E-state index is 13.9. The van der Waals surface area contributed by atoms with Gasteiger partial charge in [0.2, 0.25) is 0 Å². The molecule has 1 aromatic rings. The molecular weight excluding hydrogens is 231 g/mol. The average molecular weight is 238 g/mol. The van der Waals surface area contributed by atoms with Crippen LogP contribution in [0.4, 0.5) is 22.0 Å². The van der Waals surface area contributed by atoms with E-state index < -0.39 is 18.0 Å². The molecule has 0 atom stereocenters. The number of rotatable bonds is 1. The first kappa shape index (κ1) is 11.3. The number of nitrogens with one attached hydrogen (secondary N) is 2.